The van der Waals surface area contributed by atoms with Crippen molar-refractivity contribution < 1.29 is 18.8 Å². The fourth-order valence-corrected chi connectivity index (χ4v) is 3.72. The zero-order valence-electron chi connectivity index (χ0n) is 20.6. The standard InChI is InChI=1S/C27H30N6O4/c1-18-24-25(33-37-18)20-8-12-22(13-9-20)36-15-5-3-2-4-14-29-17-23(34)31-21-10-6-19(7-11-21)16-30-27(28)32-26(24)35/h3,5-13,29H,2,4,14-17H2,1H3,(H,31,34)(H3,28,30,32,35). The van der Waals surface area contributed by atoms with Gasteiger partial charge in [0.05, 0.1) is 13.1 Å². The van der Waals surface area contributed by atoms with Crippen LogP contribution in [0.25, 0.3) is 11.3 Å². The lowest BCUT2D eigenvalue weighted by Crippen LogP contribution is -2.37. The molecule has 0 radical (unpaired) electrons. The first-order valence-electron chi connectivity index (χ1n) is 12.0. The molecule has 7 rings (SSSR count). The quantitative estimate of drug-likeness (QED) is 0.346. The number of hydrogen-bond acceptors (Lipinski definition) is 8. The number of nitrogens with two attached hydrogens (primary N) is 1. The third-order valence-electron chi connectivity index (χ3n) is 5.65. The van der Waals surface area contributed by atoms with Crippen LogP contribution in [-0.2, 0) is 11.3 Å². The van der Waals surface area contributed by atoms with Gasteiger partial charge in [-0.1, -0.05) is 29.4 Å². The number of rotatable bonds is 0. The summed E-state index contributed by atoms with van der Waals surface area (Å²) in [6.07, 6.45) is 5.80. The molecule has 0 fully saturated rings. The van der Waals surface area contributed by atoms with Gasteiger partial charge < -0.3 is 25.6 Å². The Morgan fingerprint density at radius 3 is 2.54 bits per heavy atom. The second-order valence-corrected chi connectivity index (χ2v) is 8.49. The second-order valence-electron chi connectivity index (χ2n) is 8.49. The Hall–Kier alpha value is -4.44. The lowest BCUT2D eigenvalue weighted by atomic mass is 10.1. The lowest BCUT2D eigenvalue weighted by molar-refractivity contribution is -0.115. The number of guanidine groups is 1. The zero-order chi connectivity index (χ0) is 26.0. The molecule has 0 spiro atoms. The number of carbonyl (C=O) groups excluding carboxylic acids is 2. The van der Waals surface area contributed by atoms with E-state index in [2.05, 4.69) is 32.2 Å². The summed E-state index contributed by atoms with van der Waals surface area (Å²) in [5.74, 6) is 0.453. The molecule has 0 atom stereocenters. The third kappa shape index (κ3) is 7.28. The molecule has 192 valence electrons. The van der Waals surface area contributed by atoms with E-state index in [4.69, 9.17) is 15.0 Å². The van der Waals surface area contributed by atoms with E-state index in [0.29, 0.717) is 35.1 Å². The molecule has 0 saturated heterocycles. The van der Waals surface area contributed by atoms with Gasteiger partial charge in [0.15, 0.2) is 5.96 Å². The van der Waals surface area contributed by atoms with E-state index in [9.17, 15) is 9.59 Å². The number of allylic oxidation sites excluding steroid dienone is 1. The monoisotopic (exact) mass is 502 g/mol. The van der Waals surface area contributed by atoms with Crippen molar-refractivity contribution in [1.82, 2.24) is 15.8 Å². The highest BCUT2D eigenvalue weighted by Crippen LogP contribution is 2.27. The highest BCUT2D eigenvalue weighted by Gasteiger charge is 2.22. The van der Waals surface area contributed by atoms with Crippen molar-refractivity contribution in [1.29, 1.82) is 0 Å². The van der Waals surface area contributed by atoms with Crippen LogP contribution in [0.15, 0.2) is 70.2 Å². The average Bonchev–Trinajstić information content (AvgIpc) is 3.28. The Morgan fingerprint density at radius 2 is 1.76 bits per heavy atom. The number of benzene rings is 2. The van der Waals surface area contributed by atoms with Crippen LogP contribution in [0.3, 0.4) is 0 Å². The van der Waals surface area contributed by atoms with Gasteiger partial charge in [0.1, 0.15) is 29.4 Å². The molecule has 4 aliphatic rings. The Labute approximate surface area is 215 Å². The maximum Gasteiger partial charge on any atom is 0.263 e. The molecule has 2 amide bonds. The molecule has 3 aromatic rings. The van der Waals surface area contributed by atoms with Crippen molar-refractivity contribution in [3.05, 3.63) is 77.6 Å². The number of hydrogen-bond donors (Lipinski definition) is 4. The number of carbonyl (C=O) groups is 2. The number of aryl methyl sites for hydroxylation is 1. The first-order valence-corrected chi connectivity index (χ1v) is 12.0. The number of aromatic nitrogens is 1. The zero-order valence-corrected chi connectivity index (χ0v) is 20.6. The Kier molecular flexibility index (Phi) is 8.66. The molecule has 0 aliphatic carbocycles. The van der Waals surface area contributed by atoms with Gasteiger partial charge in [0.2, 0.25) is 5.91 Å². The minimum atomic E-state index is -0.464. The first-order chi connectivity index (χ1) is 18.0. The Balaban J connectivity index is 1.52. The molecule has 5 N–H and O–H groups in total. The number of nitrogens with zero attached hydrogens (tertiary/aromatic N) is 2. The minimum absolute atomic E-state index is 0.0294. The van der Waals surface area contributed by atoms with Crippen LogP contribution < -0.4 is 26.4 Å². The van der Waals surface area contributed by atoms with Crippen molar-refractivity contribution in [3.8, 4) is 17.0 Å². The van der Waals surface area contributed by atoms with Crippen molar-refractivity contribution in [2.45, 2.75) is 26.3 Å². The first kappa shape index (κ1) is 25.6. The molecular formula is C27H30N6O4. The molecular weight excluding hydrogens is 472 g/mol. The second kappa shape index (κ2) is 12.5. The number of ether oxygens (including phenoxy) is 1. The minimum Gasteiger partial charge on any atom is -0.490 e. The van der Waals surface area contributed by atoms with E-state index in [1.54, 1.807) is 19.1 Å². The topological polar surface area (TPSA) is 144 Å². The molecule has 4 bridgehead atoms. The van der Waals surface area contributed by atoms with Crippen LogP contribution in [0.4, 0.5) is 5.69 Å². The summed E-state index contributed by atoms with van der Waals surface area (Å²) in [6.45, 7) is 3.32. The SMILES string of the molecule is Cc1onc2c1C(=O)NC(N)=NCc1ccc(cc1)NC(=O)CNCCCC=CCOc1ccc-2cc1. The maximum absolute atomic E-state index is 13.0. The third-order valence-corrected chi connectivity index (χ3v) is 5.65. The average molecular weight is 503 g/mol. The van der Waals surface area contributed by atoms with Gasteiger partial charge in [-0.3, -0.25) is 14.9 Å². The maximum atomic E-state index is 13.0. The smallest absolute Gasteiger partial charge is 0.263 e. The number of anilines is 1. The van der Waals surface area contributed by atoms with Crippen molar-refractivity contribution in [2.24, 2.45) is 10.7 Å². The summed E-state index contributed by atoms with van der Waals surface area (Å²) in [7, 11) is 0. The normalized spacial score (nSPS) is 15.9. The van der Waals surface area contributed by atoms with Crippen LogP contribution >= 0.6 is 0 Å². The molecule has 4 aliphatic heterocycles. The summed E-state index contributed by atoms with van der Waals surface area (Å²) in [5, 5.41) is 12.7. The Bertz CT molecular complexity index is 1280. The molecule has 0 unspecified atom stereocenters. The van der Waals surface area contributed by atoms with E-state index >= 15 is 0 Å². The lowest BCUT2D eigenvalue weighted by Gasteiger charge is -2.08. The van der Waals surface area contributed by atoms with E-state index in [0.717, 1.165) is 24.9 Å². The van der Waals surface area contributed by atoms with E-state index < -0.39 is 5.91 Å². The van der Waals surface area contributed by atoms with E-state index in [1.807, 2.05) is 42.5 Å². The van der Waals surface area contributed by atoms with E-state index in [1.165, 1.54) is 0 Å². The summed E-state index contributed by atoms with van der Waals surface area (Å²) in [5.41, 5.74) is 8.93. The molecule has 1 aromatic heterocycles. The van der Waals surface area contributed by atoms with Gasteiger partial charge in [-0.15, -0.1) is 0 Å². The fraction of sp³-hybridized carbons (Fsp3) is 0.259. The van der Waals surface area contributed by atoms with Gasteiger partial charge in [-0.25, -0.2) is 4.99 Å². The Morgan fingerprint density at radius 1 is 0.973 bits per heavy atom. The molecule has 37 heavy (non-hydrogen) atoms. The highest BCUT2D eigenvalue weighted by atomic mass is 16.5. The molecule has 10 heteroatoms. The molecule has 5 heterocycles. The summed E-state index contributed by atoms with van der Waals surface area (Å²) in [6, 6.07) is 14.5. The van der Waals surface area contributed by atoms with Crippen LogP contribution in [0, 0.1) is 6.92 Å². The van der Waals surface area contributed by atoms with Crippen LogP contribution in [0.2, 0.25) is 0 Å². The summed E-state index contributed by atoms with van der Waals surface area (Å²) in [4.78, 5) is 29.4. The highest BCUT2D eigenvalue weighted by molar-refractivity contribution is 6.08. The van der Waals surface area contributed by atoms with Gasteiger partial charge in [-0.05, 0) is 68.3 Å². The molecule has 10 nitrogen and oxygen atoms in total. The van der Waals surface area contributed by atoms with Gasteiger partial charge >= 0.3 is 0 Å². The number of amides is 2. The largest absolute Gasteiger partial charge is 0.490 e. The van der Waals surface area contributed by atoms with E-state index in [-0.39, 0.29) is 30.5 Å². The van der Waals surface area contributed by atoms with Gasteiger partial charge in [-0.2, -0.15) is 0 Å². The van der Waals surface area contributed by atoms with Gasteiger partial charge in [0, 0.05) is 11.3 Å². The number of aliphatic imine (C=N–C) groups is 1. The fourth-order valence-electron chi connectivity index (χ4n) is 3.72. The van der Waals surface area contributed by atoms with Crippen LogP contribution in [-0.4, -0.2) is 42.6 Å². The van der Waals surface area contributed by atoms with Crippen molar-refractivity contribution >= 4 is 23.5 Å². The summed E-state index contributed by atoms with van der Waals surface area (Å²) >= 11 is 0. The van der Waals surface area contributed by atoms with Crippen LogP contribution in [0.5, 0.6) is 5.75 Å². The predicted octanol–water partition coefficient (Wildman–Crippen LogP) is 3.15. The van der Waals surface area contributed by atoms with Crippen molar-refractivity contribution in [3.63, 3.8) is 0 Å². The predicted molar refractivity (Wildman–Crippen MR) is 141 cm³/mol. The van der Waals surface area contributed by atoms with Crippen molar-refractivity contribution in [2.75, 3.05) is 25.0 Å². The summed E-state index contributed by atoms with van der Waals surface area (Å²) < 4.78 is 11.1. The molecule has 2 aromatic carbocycles. The molecule has 0 saturated carbocycles. The van der Waals surface area contributed by atoms with Crippen LogP contribution in [0.1, 0.15) is 34.5 Å². The van der Waals surface area contributed by atoms with Gasteiger partial charge in [0.25, 0.3) is 5.91 Å². The number of nitrogens with one attached hydrogen (secondary N) is 3.